The van der Waals surface area contributed by atoms with Gasteiger partial charge in [0.2, 0.25) is 15.9 Å². The first-order valence-electron chi connectivity index (χ1n) is 11.4. The lowest BCUT2D eigenvalue weighted by atomic mass is 9.86. The normalized spacial score (nSPS) is 20.9. The van der Waals surface area contributed by atoms with E-state index in [4.69, 9.17) is 0 Å². The van der Waals surface area contributed by atoms with Gasteiger partial charge < -0.3 is 5.32 Å². The summed E-state index contributed by atoms with van der Waals surface area (Å²) in [6.45, 7) is 4.97. The average molecular weight is 484 g/mol. The standard InChI is InChI=1S/C25H29N3O5S/c1-25(2,3)34(32,33)27-17-11-9-16(10-12-17)22(29)26-18-13-14-20-21(15-18)24(31)28(23(20)30)19-7-5-4-6-8-19/h4-8,13-17,27H,9-12H2,1-3H3,(H,26,29). The minimum absolute atomic E-state index is 0.172. The van der Waals surface area contributed by atoms with E-state index in [0.717, 1.165) is 4.90 Å². The summed E-state index contributed by atoms with van der Waals surface area (Å²) in [6, 6.07) is 13.3. The molecule has 0 bridgehead atoms. The molecule has 0 atom stereocenters. The summed E-state index contributed by atoms with van der Waals surface area (Å²) < 4.78 is 26.7. The number of nitrogens with one attached hydrogen (secondary N) is 2. The van der Waals surface area contributed by atoms with Gasteiger partial charge >= 0.3 is 0 Å². The van der Waals surface area contributed by atoms with Gasteiger partial charge in [0.25, 0.3) is 11.8 Å². The molecule has 0 spiro atoms. The molecule has 1 saturated carbocycles. The Hall–Kier alpha value is -3.04. The van der Waals surface area contributed by atoms with Gasteiger partial charge in [-0.1, -0.05) is 18.2 Å². The lowest BCUT2D eigenvalue weighted by Crippen LogP contribution is -2.46. The quantitative estimate of drug-likeness (QED) is 0.630. The number of amides is 3. The number of imide groups is 1. The van der Waals surface area contributed by atoms with Crippen LogP contribution >= 0.6 is 0 Å². The second-order valence-corrected chi connectivity index (χ2v) is 12.3. The molecule has 1 aliphatic carbocycles. The third kappa shape index (κ3) is 4.63. The number of carbonyl (C=O) groups is 3. The summed E-state index contributed by atoms with van der Waals surface area (Å²) in [5, 5.41) is 2.86. The number of anilines is 2. The molecule has 1 heterocycles. The summed E-state index contributed by atoms with van der Waals surface area (Å²) in [6.07, 6.45) is 2.29. The molecule has 34 heavy (non-hydrogen) atoms. The maximum absolute atomic E-state index is 12.9. The van der Waals surface area contributed by atoms with Crippen LogP contribution in [0.1, 0.15) is 67.2 Å². The highest BCUT2D eigenvalue weighted by Gasteiger charge is 2.37. The van der Waals surface area contributed by atoms with Crippen molar-refractivity contribution in [2.45, 2.75) is 57.2 Å². The van der Waals surface area contributed by atoms with Crippen LogP contribution in [0, 0.1) is 5.92 Å². The van der Waals surface area contributed by atoms with Gasteiger partial charge in [-0.3, -0.25) is 14.4 Å². The first-order chi connectivity index (χ1) is 16.0. The van der Waals surface area contributed by atoms with E-state index in [-0.39, 0.29) is 29.3 Å². The molecule has 2 aliphatic rings. The van der Waals surface area contributed by atoms with Crippen molar-refractivity contribution in [1.82, 2.24) is 4.72 Å². The molecule has 2 aromatic rings. The van der Waals surface area contributed by atoms with Crippen LogP contribution in [0.15, 0.2) is 48.5 Å². The van der Waals surface area contributed by atoms with Crippen LogP contribution in [0.4, 0.5) is 11.4 Å². The van der Waals surface area contributed by atoms with Crippen molar-refractivity contribution in [3.05, 3.63) is 59.7 Å². The minimum Gasteiger partial charge on any atom is -0.326 e. The second-order valence-electron chi connectivity index (χ2n) is 9.81. The van der Waals surface area contributed by atoms with Crippen molar-refractivity contribution in [2.75, 3.05) is 10.2 Å². The highest BCUT2D eigenvalue weighted by atomic mass is 32.2. The van der Waals surface area contributed by atoms with Crippen molar-refractivity contribution in [3.8, 4) is 0 Å². The summed E-state index contributed by atoms with van der Waals surface area (Å²) in [5.74, 6) is -1.23. The molecule has 0 unspecified atom stereocenters. The van der Waals surface area contributed by atoms with Crippen molar-refractivity contribution < 1.29 is 22.8 Å². The largest absolute Gasteiger partial charge is 0.326 e. The van der Waals surface area contributed by atoms with Gasteiger partial charge in [0.1, 0.15) is 0 Å². The van der Waals surface area contributed by atoms with Gasteiger partial charge in [-0.25, -0.2) is 18.0 Å². The first kappa shape index (κ1) is 24.1. The Morgan fingerprint density at radius 2 is 1.53 bits per heavy atom. The first-order valence-corrected chi connectivity index (χ1v) is 12.9. The molecule has 3 amide bonds. The number of benzene rings is 2. The van der Waals surface area contributed by atoms with Crippen molar-refractivity contribution in [1.29, 1.82) is 0 Å². The molecule has 8 nitrogen and oxygen atoms in total. The summed E-state index contributed by atoms with van der Waals surface area (Å²) >= 11 is 0. The van der Waals surface area contributed by atoms with E-state index in [1.165, 1.54) is 0 Å². The number of sulfonamides is 1. The number of rotatable bonds is 5. The molecule has 180 valence electrons. The SMILES string of the molecule is CC(C)(C)S(=O)(=O)NC1CCC(C(=O)Nc2ccc3c(c2)C(=O)N(c2ccccc2)C3=O)CC1. The monoisotopic (exact) mass is 483 g/mol. The van der Waals surface area contributed by atoms with Crippen LogP contribution in [0.2, 0.25) is 0 Å². The molecule has 2 aromatic carbocycles. The summed E-state index contributed by atoms with van der Waals surface area (Å²) in [7, 11) is -3.44. The van der Waals surface area contributed by atoms with E-state index >= 15 is 0 Å². The van der Waals surface area contributed by atoms with Crippen molar-refractivity contribution in [2.24, 2.45) is 5.92 Å². The zero-order valence-corrected chi connectivity index (χ0v) is 20.3. The number of nitrogens with zero attached hydrogens (tertiary/aromatic N) is 1. The van der Waals surface area contributed by atoms with Gasteiger partial charge in [0, 0.05) is 17.6 Å². The fourth-order valence-corrected chi connectivity index (χ4v) is 5.27. The molecule has 1 aliphatic heterocycles. The highest BCUT2D eigenvalue weighted by molar-refractivity contribution is 7.90. The topological polar surface area (TPSA) is 113 Å². The summed E-state index contributed by atoms with van der Waals surface area (Å²) in [4.78, 5) is 39.6. The fraction of sp³-hybridized carbons (Fsp3) is 0.400. The van der Waals surface area contributed by atoms with Crippen molar-refractivity contribution >= 4 is 39.1 Å². The Morgan fingerprint density at radius 1 is 0.912 bits per heavy atom. The molecule has 9 heteroatoms. The molecule has 0 saturated heterocycles. The van der Waals surface area contributed by atoms with Gasteiger partial charge in [-0.05, 0) is 76.8 Å². The van der Waals surface area contributed by atoms with Crippen LogP contribution in [-0.2, 0) is 14.8 Å². The van der Waals surface area contributed by atoms with E-state index in [0.29, 0.717) is 42.6 Å². The molecule has 0 aromatic heterocycles. The maximum Gasteiger partial charge on any atom is 0.266 e. The van der Waals surface area contributed by atoms with Gasteiger partial charge in [0.05, 0.1) is 21.6 Å². The number of para-hydroxylation sites is 1. The Balaban J connectivity index is 1.39. The Kier molecular flexibility index (Phi) is 6.35. The third-order valence-electron chi connectivity index (χ3n) is 6.39. The lowest BCUT2D eigenvalue weighted by Gasteiger charge is -2.30. The predicted octanol–water partition coefficient (Wildman–Crippen LogP) is 3.70. The van der Waals surface area contributed by atoms with Gasteiger partial charge in [0.15, 0.2) is 0 Å². The fourth-order valence-electron chi connectivity index (χ4n) is 4.24. The third-order valence-corrected chi connectivity index (χ3v) is 8.65. The second kappa shape index (κ2) is 8.96. The number of hydrogen-bond donors (Lipinski definition) is 2. The smallest absolute Gasteiger partial charge is 0.266 e. The molecular weight excluding hydrogens is 454 g/mol. The number of hydrogen-bond acceptors (Lipinski definition) is 5. The molecule has 1 fully saturated rings. The van der Waals surface area contributed by atoms with Gasteiger partial charge in [-0.15, -0.1) is 0 Å². The van der Waals surface area contributed by atoms with Gasteiger partial charge in [-0.2, -0.15) is 0 Å². The maximum atomic E-state index is 12.9. The Labute approximate surface area is 199 Å². The van der Waals surface area contributed by atoms with E-state index < -0.39 is 20.7 Å². The summed E-state index contributed by atoms with van der Waals surface area (Å²) in [5.41, 5.74) is 1.51. The molecule has 2 N–H and O–H groups in total. The van der Waals surface area contributed by atoms with E-state index in [2.05, 4.69) is 10.0 Å². The number of fused-ring (bicyclic) bond motifs is 1. The minimum atomic E-state index is -3.44. The lowest BCUT2D eigenvalue weighted by molar-refractivity contribution is -0.120. The van der Waals surface area contributed by atoms with Crippen LogP contribution in [0.5, 0.6) is 0 Å². The Morgan fingerprint density at radius 3 is 2.15 bits per heavy atom. The zero-order valence-electron chi connectivity index (χ0n) is 19.5. The molecular formula is C25H29N3O5S. The van der Waals surface area contributed by atoms with E-state index in [9.17, 15) is 22.8 Å². The van der Waals surface area contributed by atoms with Crippen molar-refractivity contribution in [3.63, 3.8) is 0 Å². The van der Waals surface area contributed by atoms with Crippen LogP contribution < -0.4 is 14.9 Å². The van der Waals surface area contributed by atoms with Crippen LogP contribution in [0.3, 0.4) is 0 Å². The van der Waals surface area contributed by atoms with E-state index in [1.807, 2.05) is 6.07 Å². The van der Waals surface area contributed by atoms with E-state index in [1.54, 1.807) is 63.2 Å². The predicted molar refractivity (Wildman–Crippen MR) is 130 cm³/mol. The van der Waals surface area contributed by atoms with Crippen LogP contribution in [0.25, 0.3) is 0 Å². The molecule has 4 rings (SSSR count). The average Bonchev–Trinajstić information content (AvgIpc) is 3.03. The highest BCUT2D eigenvalue weighted by Crippen LogP contribution is 2.31. The molecule has 0 radical (unpaired) electrons. The Bertz CT molecular complexity index is 1230. The number of carbonyl (C=O) groups excluding carboxylic acids is 3. The van der Waals surface area contributed by atoms with Crippen LogP contribution in [-0.4, -0.2) is 36.9 Å². The zero-order chi connectivity index (χ0) is 24.7.